The molecule has 0 aliphatic carbocycles. The zero-order valence-electron chi connectivity index (χ0n) is 34.8. The molecule has 296 valence electrons. The molecule has 0 amide bonds. The van der Waals surface area contributed by atoms with Gasteiger partial charge in [-0.15, -0.1) is 0 Å². The predicted octanol–water partition coefficient (Wildman–Crippen LogP) is 17.5. The van der Waals surface area contributed by atoms with Crippen LogP contribution in [0.1, 0.15) is 0 Å². The highest BCUT2D eigenvalue weighted by atomic mass is 15.1. The molecule has 0 radical (unpaired) electrons. The minimum absolute atomic E-state index is 1.10. The summed E-state index contributed by atoms with van der Waals surface area (Å²) in [5, 5.41) is 5.02. The summed E-state index contributed by atoms with van der Waals surface area (Å²) in [4.78, 5) is 2.34. The molecule has 0 aromatic heterocycles. The van der Waals surface area contributed by atoms with E-state index in [0.717, 1.165) is 17.1 Å². The number of anilines is 3. The molecule has 0 heterocycles. The average Bonchev–Trinajstić information content (AvgIpc) is 3.37. The fraction of sp³-hybridized carbons (Fsp3) is 0. The molecule has 1 heteroatoms. The van der Waals surface area contributed by atoms with E-state index in [-0.39, 0.29) is 0 Å². The lowest BCUT2D eigenvalue weighted by Crippen LogP contribution is -2.09. The van der Waals surface area contributed by atoms with Gasteiger partial charge in [-0.3, -0.25) is 0 Å². The van der Waals surface area contributed by atoms with E-state index in [0.29, 0.717) is 0 Å². The van der Waals surface area contributed by atoms with E-state index in [2.05, 4.69) is 266 Å². The van der Waals surface area contributed by atoms with Crippen LogP contribution in [0.3, 0.4) is 0 Å². The predicted molar refractivity (Wildman–Crippen MR) is 269 cm³/mol. The van der Waals surface area contributed by atoms with Crippen molar-refractivity contribution in [2.24, 2.45) is 0 Å². The molecule has 11 aromatic carbocycles. The maximum absolute atomic E-state index is 2.39. The normalized spacial score (nSPS) is 11.2. The first-order valence-electron chi connectivity index (χ1n) is 21.7. The molecule has 11 rings (SSSR count). The summed E-state index contributed by atoms with van der Waals surface area (Å²) in [7, 11) is 0. The second kappa shape index (κ2) is 16.7. The van der Waals surface area contributed by atoms with Gasteiger partial charge in [-0.1, -0.05) is 212 Å². The molecule has 11 aromatic rings. The van der Waals surface area contributed by atoms with Gasteiger partial charge in [0.15, 0.2) is 0 Å². The molecule has 0 saturated heterocycles. The molecule has 0 N–H and O–H groups in total. The summed E-state index contributed by atoms with van der Waals surface area (Å²) in [5.74, 6) is 0. The van der Waals surface area contributed by atoms with Crippen molar-refractivity contribution in [2.75, 3.05) is 4.90 Å². The van der Waals surface area contributed by atoms with Gasteiger partial charge in [0, 0.05) is 17.1 Å². The number of rotatable bonds is 9. The molecule has 0 spiro atoms. The molecule has 0 bridgehead atoms. The second-order valence-electron chi connectivity index (χ2n) is 16.0. The Balaban J connectivity index is 0.977. The number of para-hydroxylation sites is 1. The van der Waals surface area contributed by atoms with Crippen molar-refractivity contribution in [1.29, 1.82) is 0 Å². The van der Waals surface area contributed by atoms with E-state index in [1.807, 2.05) is 0 Å². The van der Waals surface area contributed by atoms with E-state index in [1.165, 1.54) is 88.3 Å². The lowest BCUT2D eigenvalue weighted by Gasteiger charge is -2.26. The lowest BCUT2D eigenvalue weighted by molar-refractivity contribution is 1.28. The van der Waals surface area contributed by atoms with Gasteiger partial charge in [-0.05, 0) is 137 Å². The summed E-state index contributed by atoms with van der Waals surface area (Å²) >= 11 is 0. The topological polar surface area (TPSA) is 3.24 Å². The van der Waals surface area contributed by atoms with E-state index < -0.39 is 0 Å². The van der Waals surface area contributed by atoms with Gasteiger partial charge in [0.1, 0.15) is 0 Å². The number of fused-ring (bicyclic) bond motifs is 3. The monoisotopic (exact) mass is 801 g/mol. The largest absolute Gasteiger partial charge is 0.311 e. The summed E-state index contributed by atoms with van der Waals surface area (Å²) in [6.07, 6.45) is 0. The maximum Gasteiger partial charge on any atom is 0.0462 e. The number of benzene rings is 11. The van der Waals surface area contributed by atoms with Crippen molar-refractivity contribution in [3.8, 4) is 66.8 Å². The van der Waals surface area contributed by atoms with Crippen LogP contribution in [0.25, 0.3) is 88.3 Å². The zero-order chi connectivity index (χ0) is 42.0. The average molecular weight is 802 g/mol. The quantitative estimate of drug-likeness (QED) is 0.131. The van der Waals surface area contributed by atoms with Crippen molar-refractivity contribution in [1.82, 2.24) is 0 Å². The van der Waals surface area contributed by atoms with Crippen molar-refractivity contribution < 1.29 is 0 Å². The van der Waals surface area contributed by atoms with Gasteiger partial charge in [0.2, 0.25) is 0 Å². The van der Waals surface area contributed by atoms with Gasteiger partial charge >= 0.3 is 0 Å². The van der Waals surface area contributed by atoms with Gasteiger partial charge in [-0.2, -0.15) is 0 Å². The standard InChI is InChI=1S/C62H43N/c1-6-18-44(19-7-1)50-34-40-55(59(42-50)46-20-8-2-9-21-46)47-32-38-54(39-33-47)63(52-26-14-5-15-27-52)53-36-30-45(31-37-53)51-35-41-58-60(43-51)56-28-16-17-29-57(56)61(48-22-10-3-11-23-48)62(58)49-24-12-4-13-25-49/h1-43H. The molecule has 0 saturated carbocycles. The minimum Gasteiger partial charge on any atom is -0.311 e. The van der Waals surface area contributed by atoms with Crippen LogP contribution in [-0.4, -0.2) is 0 Å². The molecule has 0 aliphatic heterocycles. The van der Waals surface area contributed by atoms with Crippen molar-refractivity contribution >= 4 is 38.6 Å². The second-order valence-corrected chi connectivity index (χ2v) is 16.0. The Morgan fingerprint density at radius 2 is 0.556 bits per heavy atom. The third-order valence-corrected chi connectivity index (χ3v) is 12.3. The maximum atomic E-state index is 2.39. The fourth-order valence-electron chi connectivity index (χ4n) is 9.26. The fourth-order valence-corrected chi connectivity index (χ4v) is 9.26. The molecule has 1 nitrogen and oxygen atoms in total. The molecule has 0 atom stereocenters. The van der Waals surface area contributed by atoms with Crippen LogP contribution in [0.2, 0.25) is 0 Å². The SMILES string of the molecule is c1ccc(-c2ccc(-c3ccc(N(c4ccccc4)c4ccc(-c5ccc6c(-c7ccccc7)c(-c7ccccc7)c7ccccc7c6c5)cc4)cc3)c(-c3ccccc3)c2)cc1. The first-order chi connectivity index (χ1) is 31.3. The first kappa shape index (κ1) is 37.7. The molecule has 0 fully saturated rings. The Bertz CT molecular complexity index is 3320. The van der Waals surface area contributed by atoms with Gasteiger partial charge in [0.25, 0.3) is 0 Å². The first-order valence-corrected chi connectivity index (χ1v) is 21.7. The molecule has 63 heavy (non-hydrogen) atoms. The van der Waals surface area contributed by atoms with Crippen molar-refractivity contribution in [2.45, 2.75) is 0 Å². The summed E-state index contributed by atoms with van der Waals surface area (Å²) in [5.41, 5.74) is 17.9. The van der Waals surface area contributed by atoms with Crippen LogP contribution in [-0.2, 0) is 0 Å². The molecular weight excluding hydrogens is 759 g/mol. The smallest absolute Gasteiger partial charge is 0.0462 e. The lowest BCUT2D eigenvalue weighted by atomic mass is 9.84. The van der Waals surface area contributed by atoms with Gasteiger partial charge in [-0.25, -0.2) is 0 Å². The minimum atomic E-state index is 1.10. The van der Waals surface area contributed by atoms with Crippen LogP contribution in [0, 0.1) is 0 Å². The Labute approximate surface area is 369 Å². The van der Waals surface area contributed by atoms with E-state index in [9.17, 15) is 0 Å². The zero-order valence-corrected chi connectivity index (χ0v) is 34.8. The third kappa shape index (κ3) is 7.26. The molecular formula is C62H43N. The Morgan fingerprint density at radius 1 is 0.190 bits per heavy atom. The summed E-state index contributed by atoms with van der Waals surface area (Å²) in [6, 6.07) is 94.4. The van der Waals surface area contributed by atoms with Crippen LogP contribution < -0.4 is 4.90 Å². The number of nitrogens with zero attached hydrogens (tertiary/aromatic N) is 1. The third-order valence-electron chi connectivity index (χ3n) is 12.3. The van der Waals surface area contributed by atoms with Gasteiger partial charge < -0.3 is 4.90 Å². The van der Waals surface area contributed by atoms with Crippen molar-refractivity contribution in [3.05, 3.63) is 261 Å². The highest BCUT2D eigenvalue weighted by molar-refractivity contribution is 6.22. The highest BCUT2D eigenvalue weighted by Gasteiger charge is 2.19. The van der Waals surface area contributed by atoms with Crippen LogP contribution in [0.15, 0.2) is 261 Å². The van der Waals surface area contributed by atoms with E-state index >= 15 is 0 Å². The Kier molecular flexibility index (Phi) is 9.97. The van der Waals surface area contributed by atoms with Gasteiger partial charge in [0.05, 0.1) is 0 Å². The summed E-state index contributed by atoms with van der Waals surface area (Å²) < 4.78 is 0. The Hall–Kier alpha value is -8.26. The van der Waals surface area contributed by atoms with Crippen LogP contribution in [0.4, 0.5) is 17.1 Å². The van der Waals surface area contributed by atoms with Crippen molar-refractivity contribution in [3.63, 3.8) is 0 Å². The van der Waals surface area contributed by atoms with Crippen LogP contribution >= 0.6 is 0 Å². The molecule has 0 unspecified atom stereocenters. The van der Waals surface area contributed by atoms with E-state index in [1.54, 1.807) is 0 Å². The highest BCUT2D eigenvalue weighted by Crippen LogP contribution is 2.46. The summed E-state index contributed by atoms with van der Waals surface area (Å²) in [6.45, 7) is 0. The van der Waals surface area contributed by atoms with Crippen LogP contribution in [0.5, 0.6) is 0 Å². The Morgan fingerprint density at radius 3 is 1.13 bits per heavy atom. The molecule has 0 aliphatic rings. The van der Waals surface area contributed by atoms with E-state index in [4.69, 9.17) is 0 Å². The number of hydrogen-bond donors (Lipinski definition) is 0. The number of hydrogen-bond acceptors (Lipinski definition) is 1.